The van der Waals surface area contributed by atoms with E-state index < -0.39 is 109 Å². The van der Waals surface area contributed by atoms with Crippen LogP contribution in [0.2, 0.25) is 0 Å². The highest BCUT2D eigenvalue weighted by molar-refractivity contribution is 5.49. The third-order valence-electron chi connectivity index (χ3n) is 3.17. The Morgan fingerprint density at radius 3 is 2.83 bits per heavy atom. The van der Waals surface area contributed by atoms with E-state index in [1.807, 2.05) is 0 Å². The van der Waals surface area contributed by atoms with Gasteiger partial charge in [0.15, 0.2) is 11.5 Å². The van der Waals surface area contributed by atoms with Crippen molar-refractivity contribution < 1.29 is 43.4 Å². The second-order valence-corrected chi connectivity index (χ2v) is 5.20. The number of hydrogen-bond acceptors (Lipinski definition) is 4. The maximum atomic E-state index is 11.6. The molecule has 0 aromatic heterocycles. The molecule has 2 aliphatic rings. The monoisotopic (exact) mass is 354 g/mol. The van der Waals surface area contributed by atoms with Gasteiger partial charge in [-0.1, -0.05) is 20.6 Å². The van der Waals surface area contributed by atoms with Gasteiger partial charge in [-0.2, -0.15) is 0 Å². The van der Waals surface area contributed by atoms with Crippen molar-refractivity contribution in [2.45, 2.75) is 51.8 Å². The summed E-state index contributed by atoms with van der Waals surface area (Å²) in [6.07, 6.45) is -17.5. The third kappa shape index (κ3) is 3.40. The fraction of sp³-hybridized carbons (Fsp3) is 0.700. The maximum Gasteiger partial charge on any atom is 0.161 e. The zero-order chi connectivity index (χ0) is 36.0. The summed E-state index contributed by atoms with van der Waals surface area (Å²) in [5.74, 6) is -6.18. The Kier molecular flexibility index (Phi) is 1.41. The molecular formula is C20H31NO3. The number of benzene rings is 1. The number of ether oxygens (including phenoxy) is 2. The van der Waals surface area contributed by atoms with Crippen molar-refractivity contribution in [2.75, 3.05) is 27.2 Å². The van der Waals surface area contributed by atoms with Crippen LogP contribution in [0.4, 0.5) is 0 Å². The summed E-state index contributed by atoms with van der Waals surface area (Å²) >= 11 is 0. The number of methoxy groups -OCH3 is 2. The lowest BCUT2D eigenvalue weighted by molar-refractivity contribution is -0.0259. The molecule has 3 rings (SSSR count). The molecule has 3 atom stereocenters. The van der Waals surface area contributed by atoms with E-state index in [1.165, 1.54) is 0 Å². The summed E-state index contributed by atoms with van der Waals surface area (Å²) in [5, 5.41) is 11.6. The van der Waals surface area contributed by atoms with Crippen LogP contribution in [-0.2, 0) is 6.37 Å². The average Bonchev–Trinajstić information content (AvgIpc) is 2.84. The maximum absolute atomic E-state index is 11.6. The van der Waals surface area contributed by atoms with Crippen LogP contribution in [0.5, 0.6) is 11.5 Å². The van der Waals surface area contributed by atoms with Crippen LogP contribution >= 0.6 is 0 Å². The van der Waals surface area contributed by atoms with Crippen LogP contribution in [0.3, 0.4) is 0 Å². The molecule has 1 aromatic rings. The van der Waals surface area contributed by atoms with Gasteiger partial charge in [-0.25, -0.2) is 0 Å². The van der Waals surface area contributed by atoms with Gasteiger partial charge in [0.1, 0.15) is 0 Å². The van der Waals surface area contributed by atoms with E-state index in [2.05, 4.69) is 0 Å². The van der Waals surface area contributed by atoms with E-state index in [0.717, 1.165) is 14.2 Å². The number of fused-ring (bicyclic) bond motifs is 3. The van der Waals surface area contributed by atoms with E-state index in [1.54, 1.807) is 0 Å². The highest BCUT2D eigenvalue weighted by Gasteiger charge is 2.39. The highest BCUT2D eigenvalue weighted by Crippen LogP contribution is 2.44. The zero-order valence-corrected chi connectivity index (χ0v) is 13.2. The molecule has 1 saturated heterocycles. The Morgan fingerprint density at radius 1 is 1.46 bits per heavy atom. The summed E-state index contributed by atoms with van der Waals surface area (Å²) in [5.41, 5.74) is -6.52. The van der Waals surface area contributed by atoms with Crippen LogP contribution in [0.25, 0.3) is 0 Å². The Hall–Kier alpha value is -1.26. The van der Waals surface area contributed by atoms with Crippen molar-refractivity contribution in [3.63, 3.8) is 0 Å². The fourth-order valence-corrected chi connectivity index (χ4v) is 2.18. The van der Waals surface area contributed by atoms with Gasteiger partial charge in [0.05, 0.1) is 25.8 Å². The fourth-order valence-electron chi connectivity index (χ4n) is 2.18. The Morgan fingerprint density at radius 2 is 2.17 bits per heavy atom. The van der Waals surface area contributed by atoms with Crippen LogP contribution < -0.4 is 9.47 Å². The first kappa shape index (κ1) is 5.14. The zero-order valence-electron chi connectivity index (χ0n) is 34.2. The molecular weight excluding hydrogens is 302 g/mol. The summed E-state index contributed by atoms with van der Waals surface area (Å²) in [6.45, 7) is -16.5. The van der Waals surface area contributed by atoms with E-state index >= 15 is 0 Å². The van der Waals surface area contributed by atoms with E-state index in [4.69, 9.17) is 36.9 Å². The van der Waals surface area contributed by atoms with E-state index in [0.29, 0.717) is 0 Å². The van der Waals surface area contributed by atoms with Gasteiger partial charge in [0.2, 0.25) is 0 Å². The van der Waals surface area contributed by atoms with Gasteiger partial charge in [-0.15, -0.1) is 0 Å². The molecule has 4 heteroatoms. The molecule has 0 radical (unpaired) electrons. The van der Waals surface area contributed by atoms with Gasteiger partial charge < -0.3 is 14.6 Å². The van der Waals surface area contributed by atoms with Gasteiger partial charge >= 0.3 is 0 Å². The Bertz CT molecular complexity index is 1390. The lowest BCUT2D eigenvalue weighted by Gasteiger charge is -2.47. The Balaban J connectivity index is 2.74. The first-order chi connectivity index (χ1) is 19.6. The van der Waals surface area contributed by atoms with Crippen molar-refractivity contribution in [3.8, 4) is 11.5 Å². The topological polar surface area (TPSA) is 41.9 Å². The number of aliphatic hydroxyl groups is 1. The molecule has 1 fully saturated rings. The molecule has 0 saturated carbocycles. The summed E-state index contributed by atoms with van der Waals surface area (Å²) < 4.78 is 190. The largest absolute Gasteiger partial charge is 0.493 e. The molecule has 0 spiro atoms. The normalized spacial score (nSPS) is 59.4. The quantitative estimate of drug-likeness (QED) is 0.903. The third-order valence-corrected chi connectivity index (χ3v) is 3.17. The van der Waals surface area contributed by atoms with E-state index in [-0.39, 0.29) is 6.92 Å². The molecule has 1 aromatic carbocycles. The standard InChI is InChI=1S/C20H31NO3/c1-20(2,3)11-14-12-21-7-6-13-8-18(23-4)19(24-5)9-15(13)16(21)10-17(14)22/h8-9,14,16-17,22H,6-7,10-12H2,1-5H3/i1D3,2D3,6D2,7D2,8D,9D,10D2,11D2,12D2,14D,16D,17D. The van der Waals surface area contributed by atoms with Gasteiger partial charge in [-0.3, -0.25) is 4.90 Å². The van der Waals surface area contributed by atoms with Crippen molar-refractivity contribution >= 4 is 0 Å². The van der Waals surface area contributed by atoms with E-state index in [9.17, 15) is 6.48 Å². The molecule has 0 amide bonds. The molecule has 1 N–H and O–H groups in total. The minimum Gasteiger partial charge on any atom is -0.493 e. The Labute approximate surface area is 175 Å². The lowest BCUT2D eigenvalue weighted by Crippen LogP contribution is -2.48. The molecule has 0 aliphatic carbocycles. The molecule has 4 nitrogen and oxygen atoms in total. The summed E-state index contributed by atoms with van der Waals surface area (Å²) in [7, 11) is 1.89. The molecule has 0 bridgehead atoms. The number of piperidine rings is 1. The second-order valence-electron chi connectivity index (χ2n) is 5.20. The molecule has 3 unspecified atom stereocenters. The second kappa shape index (κ2) is 6.57. The number of rotatable bonds is 3. The average molecular weight is 355 g/mol. The van der Waals surface area contributed by atoms with Crippen LogP contribution in [0.15, 0.2) is 12.1 Å². The molecule has 24 heavy (non-hydrogen) atoms. The van der Waals surface area contributed by atoms with Crippen LogP contribution in [-0.4, -0.2) is 43.3 Å². The van der Waals surface area contributed by atoms with Gasteiger partial charge in [0.25, 0.3) is 0 Å². The van der Waals surface area contributed by atoms with Crippen LogP contribution in [0.1, 0.15) is 79.3 Å². The summed E-state index contributed by atoms with van der Waals surface area (Å²) in [6, 6.07) is -6.33. The van der Waals surface area contributed by atoms with Crippen molar-refractivity contribution in [1.82, 2.24) is 4.90 Å². The van der Waals surface area contributed by atoms with Crippen molar-refractivity contribution in [1.29, 1.82) is 0 Å². The minimum atomic E-state index is -4.73. The first-order valence-electron chi connectivity index (χ1n) is 17.4. The molecule has 2 aliphatic heterocycles. The number of hydrogen-bond donors (Lipinski definition) is 1. The van der Waals surface area contributed by atoms with Gasteiger partial charge in [0, 0.05) is 42.3 Å². The summed E-state index contributed by atoms with van der Waals surface area (Å²) in [4.78, 5) is -0.675. The first-order valence-corrected chi connectivity index (χ1v) is 6.87. The van der Waals surface area contributed by atoms with Crippen molar-refractivity contribution in [2.24, 2.45) is 11.3 Å². The predicted octanol–water partition coefficient (Wildman–Crippen LogP) is 3.42. The molecule has 2 heterocycles. The SMILES string of the molecule is [2H]c1c(OC)c(OC)c([2H])c2c1C([2H])([2H])C([2H])([2H])N1C([2H])([2H])C([2H])(C([2H])([2H])C(C)(C([2H])([2H])[2H])C([2H])([2H])[2H])C([2H])(O)C([2H])([2H])C21[2H]. The highest BCUT2D eigenvalue weighted by atomic mass is 16.5. The predicted molar refractivity (Wildman–Crippen MR) is 95.7 cm³/mol. The smallest absolute Gasteiger partial charge is 0.161 e. The number of nitrogens with zero attached hydrogens (tertiary/aromatic N) is 1. The lowest BCUT2D eigenvalue weighted by atomic mass is 9.75. The van der Waals surface area contributed by atoms with Gasteiger partial charge in [-0.05, 0) is 53.6 Å². The van der Waals surface area contributed by atoms with Crippen molar-refractivity contribution in [3.05, 3.63) is 23.2 Å². The minimum absolute atomic E-state index is 0.235. The van der Waals surface area contributed by atoms with Crippen LogP contribution in [0, 0.1) is 11.3 Å². The molecule has 134 valence electrons.